The Morgan fingerprint density at radius 1 is 1.02 bits per heavy atom. The lowest BCUT2D eigenvalue weighted by Crippen LogP contribution is -2.36. The van der Waals surface area contributed by atoms with Crippen LogP contribution in [0.4, 0.5) is 8.78 Å². The van der Waals surface area contributed by atoms with E-state index in [0.29, 0.717) is 17.5 Å². The summed E-state index contributed by atoms with van der Waals surface area (Å²) in [6.45, 7) is 8.69. The Balaban J connectivity index is 2.35. The van der Waals surface area contributed by atoms with E-state index in [-0.39, 0.29) is 27.8 Å². The molecule has 3 unspecified atom stereocenters. The van der Waals surface area contributed by atoms with Crippen molar-refractivity contribution in [3.63, 3.8) is 0 Å². The van der Waals surface area contributed by atoms with Crippen LogP contribution in [0, 0.1) is 11.6 Å². The minimum atomic E-state index is -2.70. The third kappa shape index (κ3) is 7.24. The molecular formula is C28H32F2N3O5S2-. The number of benzene rings is 2. The highest BCUT2D eigenvalue weighted by atomic mass is 32.2. The molecule has 0 spiro atoms. The van der Waals surface area contributed by atoms with E-state index in [2.05, 4.69) is 9.44 Å². The van der Waals surface area contributed by atoms with Gasteiger partial charge in [0, 0.05) is 64.9 Å². The Hall–Kier alpha value is -2.90. The molecule has 0 bridgehead atoms. The number of hydrogen-bond donors (Lipinski definition) is 2. The highest BCUT2D eigenvalue weighted by Gasteiger charge is 2.28. The Labute approximate surface area is 237 Å². The molecule has 0 amide bonds. The molecule has 2 aromatic carbocycles. The van der Waals surface area contributed by atoms with Gasteiger partial charge in [0.2, 0.25) is 0 Å². The summed E-state index contributed by atoms with van der Waals surface area (Å²) >= 11 is -2.70. The summed E-state index contributed by atoms with van der Waals surface area (Å²) in [5, 5.41) is 0. The van der Waals surface area contributed by atoms with Crippen molar-refractivity contribution in [2.24, 2.45) is 7.05 Å². The number of carbonyl (C=O) groups excluding carboxylic acids is 1. The van der Waals surface area contributed by atoms with Gasteiger partial charge in [0.25, 0.3) is 5.56 Å². The zero-order valence-corrected chi connectivity index (χ0v) is 24.7. The SMILES string of the molecule is CC[C@H](NS(=O)C(C)(C)C)c1cc(=O)n(C)cc1-c1cc(C(C)NS(=O)[O-])c(F)cc1C(=O)c1ccc(F)cc1. The van der Waals surface area contributed by atoms with Gasteiger partial charge in [0.1, 0.15) is 11.6 Å². The summed E-state index contributed by atoms with van der Waals surface area (Å²) in [7, 11) is 0.00935. The maximum Gasteiger partial charge on any atom is 0.250 e. The Kier molecular flexibility index (Phi) is 10.1. The van der Waals surface area contributed by atoms with E-state index in [9.17, 15) is 27.0 Å². The zero-order chi connectivity index (χ0) is 29.9. The highest BCUT2D eigenvalue weighted by Crippen LogP contribution is 2.36. The number of hydrogen-bond acceptors (Lipinski definition) is 5. The van der Waals surface area contributed by atoms with Crippen LogP contribution in [0.3, 0.4) is 0 Å². The first-order valence-electron chi connectivity index (χ1n) is 12.5. The smallest absolute Gasteiger partial charge is 0.250 e. The number of rotatable bonds is 10. The van der Waals surface area contributed by atoms with Gasteiger partial charge in [-0.2, -0.15) is 0 Å². The van der Waals surface area contributed by atoms with Crippen molar-refractivity contribution in [3.8, 4) is 11.1 Å². The fraction of sp³-hybridized carbons (Fsp3) is 0.357. The molecule has 2 N–H and O–H groups in total. The molecule has 0 saturated heterocycles. The van der Waals surface area contributed by atoms with Crippen LogP contribution in [-0.2, 0) is 29.3 Å². The van der Waals surface area contributed by atoms with Crippen molar-refractivity contribution in [1.82, 2.24) is 14.0 Å². The molecule has 3 aromatic rings. The minimum Gasteiger partial charge on any atom is -0.760 e. The zero-order valence-electron chi connectivity index (χ0n) is 23.0. The van der Waals surface area contributed by atoms with E-state index < -0.39 is 56.5 Å². The molecule has 216 valence electrons. The molecule has 0 aliphatic carbocycles. The predicted octanol–water partition coefficient (Wildman–Crippen LogP) is 4.51. The number of nitrogens with one attached hydrogen (secondary N) is 2. The number of carbonyl (C=O) groups is 1. The largest absolute Gasteiger partial charge is 0.760 e. The van der Waals surface area contributed by atoms with Crippen molar-refractivity contribution >= 4 is 28.0 Å². The number of aryl methyl sites for hydroxylation is 1. The van der Waals surface area contributed by atoms with Gasteiger partial charge < -0.3 is 9.12 Å². The monoisotopic (exact) mass is 592 g/mol. The maximum atomic E-state index is 15.4. The second-order valence-corrected chi connectivity index (χ2v) is 13.1. The van der Waals surface area contributed by atoms with Crippen LogP contribution in [-0.4, -0.2) is 28.1 Å². The third-order valence-corrected chi connectivity index (χ3v) is 8.52. The molecule has 0 aliphatic heterocycles. The molecule has 8 nitrogen and oxygen atoms in total. The van der Waals surface area contributed by atoms with Crippen molar-refractivity contribution in [2.75, 3.05) is 0 Å². The quantitative estimate of drug-likeness (QED) is 0.265. The lowest BCUT2D eigenvalue weighted by molar-refractivity contribution is 0.103. The number of halogens is 2. The van der Waals surface area contributed by atoms with Crippen molar-refractivity contribution in [1.29, 1.82) is 0 Å². The first-order chi connectivity index (χ1) is 18.6. The predicted molar refractivity (Wildman–Crippen MR) is 151 cm³/mol. The molecule has 0 saturated carbocycles. The van der Waals surface area contributed by atoms with E-state index in [1.54, 1.807) is 20.8 Å². The molecule has 4 atom stereocenters. The Morgan fingerprint density at radius 2 is 1.65 bits per heavy atom. The molecule has 0 radical (unpaired) electrons. The summed E-state index contributed by atoms with van der Waals surface area (Å²) in [5.74, 6) is -1.98. The Morgan fingerprint density at radius 3 is 2.20 bits per heavy atom. The number of ketones is 1. The molecule has 0 aliphatic rings. The average molecular weight is 593 g/mol. The van der Waals surface area contributed by atoms with E-state index in [1.165, 1.54) is 49.0 Å². The van der Waals surface area contributed by atoms with E-state index in [1.807, 2.05) is 6.92 Å². The first kappa shape index (κ1) is 31.6. The van der Waals surface area contributed by atoms with E-state index in [0.717, 1.165) is 18.2 Å². The van der Waals surface area contributed by atoms with Gasteiger partial charge in [-0.15, -0.1) is 0 Å². The molecule has 12 heteroatoms. The lowest BCUT2D eigenvalue weighted by atomic mass is 9.87. The summed E-state index contributed by atoms with van der Waals surface area (Å²) in [6, 6.07) is 6.97. The van der Waals surface area contributed by atoms with E-state index >= 15 is 4.39 Å². The van der Waals surface area contributed by atoms with Crippen molar-refractivity contribution < 1.29 is 26.5 Å². The fourth-order valence-corrected chi connectivity index (χ4v) is 5.45. The molecule has 0 fully saturated rings. The first-order valence-corrected chi connectivity index (χ1v) is 14.7. The minimum absolute atomic E-state index is 0.0334. The molecule has 1 aromatic heterocycles. The van der Waals surface area contributed by atoms with Gasteiger partial charge in [-0.05, 0) is 81.6 Å². The van der Waals surface area contributed by atoms with Gasteiger partial charge in [-0.25, -0.2) is 22.4 Å². The summed E-state index contributed by atoms with van der Waals surface area (Å²) in [6.07, 6.45) is 1.93. The third-order valence-electron chi connectivity index (χ3n) is 6.37. The average Bonchev–Trinajstić information content (AvgIpc) is 2.87. The van der Waals surface area contributed by atoms with Gasteiger partial charge in [-0.1, -0.05) is 6.92 Å². The number of aromatic nitrogens is 1. The topological polar surface area (TPSA) is 120 Å². The van der Waals surface area contributed by atoms with Gasteiger partial charge in [0.05, 0.1) is 15.7 Å². The molecular weight excluding hydrogens is 560 g/mol. The molecule has 3 rings (SSSR count). The second kappa shape index (κ2) is 12.7. The number of nitrogens with zero attached hydrogens (tertiary/aromatic N) is 1. The van der Waals surface area contributed by atoms with Crippen LogP contribution in [0.1, 0.15) is 80.2 Å². The fourth-order valence-electron chi connectivity index (χ4n) is 4.13. The maximum absolute atomic E-state index is 15.4. The standard InChI is InChI=1S/C28H33F2N3O5S2/c1-7-25(32-39(36)28(3,4)5)21-14-26(34)33(6)15-23(21)20-12-19(16(2)31-40(37)38)24(30)13-22(20)27(35)17-8-10-18(29)11-9-17/h8-16,25,31-32H,7H2,1-6H3,(H,37,38)/p-1/t16?,25-,39?/m0/s1. The summed E-state index contributed by atoms with van der Waals surface area (Å²) in [4.78, 5) is 26.4. The van der Waals surface area contributed by atoms with Gasteiger partial charge in [-0.3, -0.25) is 13.8 Å². The number of pyridine rings is 1. The lowest BCUT2D eigenvalue weighted by Gasteiger charge is -2.26. The van der Waals surface area contributed by atoms with Crippen LogP contribution >= 0.6 is 0 Å². The van der Waals surface area contributed by atoms with E-state index in [4.69, 9.17) is 0 Å². The Bertz CT molecular complexity index is 1520. The summed E-state index contributed by atoms with van der Waals surface area (Å²) < 4.78 is 70.5. The van der Waals surface area contributed by atoms with Crippen LogP contribution < -0.4 is 15.0 Å². The second-order valence-electron chi connectivity index (χ2n) is 10.4. The highest BCUT2D eigenvalue weighted by molar-refractivity contribution is 7.84. The van der Waals surface area contributed by atoms with Gasteiger partial charge in [0.15, 0.2) is 5.78 Å². The van der Waals surface area contributed by atoms with Crippen molar-refractivity contribution in [2.45, 2.75) is 57.9 Å². The summed E-state index contributed by atoms with van der Waals surface area (Å²) in [5.41, 5.74) is 0.682. The van der Waals surface area contributed by atoms with Gasteiger partial charge >= 0.3 is 0 Å². The van der Waals surface area contributed by atoms with Crippen LogP contribution in [0.5, 0.6) is 0 Å². The molecule has 1 heterocycles. The molecule has 40 heavy (non-hydrogen) atoms. The van der Waals surface area contributed by atoms with Crippen LogP contribution in [0.25, 0.3) is 11.1 Å². The van der Waals surface area contributed by atoms with Crippen molar-refractivity contribution in [3.05, 3.63) is 92.9 Å². The van der Waals surface area contributed by atoms with Crippen LogP contribution in [0.15, 0.2) is 53.5 Å². The normalized spacial score (nSPS) is 14.9. The van der Waals surface area contributed by atoms with Crippen LogP contribution in [0.2, 0.25) is 0 Å².